The van der Waals surface area contributed by atoms with Gasteiger partial charge in [-0.25, -0.2) is 18.4 Å². The predicted octanol–water partition coefficient (Wildman–Crippen LogP) is 1.25. The van der Waals surface area contributed by atoms with E-state index in [1.807, 2.05) is 4.90 Å². The summed E-state index contributed by atoms with van der Waals surface area (Å²) in [5.41, 5.74) is 0.955. The molecule has 0 bridgehead atoms. The van der Waals surface area contributed by atoms with Crippen LogP contribution in [0.4, 0.5) is 4.79 Å². The van der Waals surface area contributed by atoms with Gasteiger partial charge in [-0.3, -0.25) is 4.90 Å². The highest BCUT2D eigenvalue weighted by Crippen LogP contribution is 2.09. The second-order valence-electron chi connectivity index (χ2n) is 7.18. The second kappa shape index (κ2) is 9.34. The van der Waals surface area contributed by atoms with Crippen molar-refractivity contribution in [2.75, 3.05) is 39.3 Å². The molecule has 0 aliphatic carbocycles. The summed E-state index contributed by atoms with van der Waals surface area (Å²) in [5.74, 6) is 0.704. The van der Waals surface area contributed by atoms with Gasteiger partial charge in [0.1, 0.15) is 0 Å². The molecule has 0 spiro atoms. The normalized spacial score (nSPS) is 16.1. The van der Waals surface area contributed by atoms with E-state index in [0.717, 1.165) is 38.3 Å². The molecule has 1 aromatic carbocycles. The number of carbonyl (C=O) groups is 1. The number of nitrogens with one attached hydrogen (secondary N) is 1. The smallest absolute Gasteiger partial charge is 0.317 e. The lowest BCUT2D eigenvalue weighted by Crippen LogP contribution is -2.52. The van der Waals surface area contributed by atoms with E-state index in [1.54, 1.807) is 12.1 Å². The summed E-state index contributed by atoms with van der Waals surface area (Å²) in [7, 11) is -3.66. The molecule has 146 valence electrons. The molecule has 1 aliphatic rings. The maximum Gasteiger partial charge on any atom is 0.317 e. The van der Waals surface area contributed by atoms with Gasteiger partial charge >= 0.3 is 6.03 Å². The first-order valence-electron chi connectivity index (χ1n) is 9.12. The van der Waals surface area contributed by atoms with Crippen LogP contribution in [0.3, 0.4) is 0 Å². The van der Waals surface area contributed by atoms with Crippen LogP contribution in [0.15, 0.2) is 29.2 Å². The number of rotatable bonds is 7. The number of sulfonamides is 1. The number of urea groups is 1. The molecule has 0 unspecified atom stereocenters. The minimum atomic E-state index is -3.66. The summed E-state index contributed by atoms with van der Waals surface area (Å²) < 4.78 is 22.5. The van der Waals surface area contributed by atoms with Crippen molar-refractivity contribution >= 4 is 16.1 Å². The highest BCUT2D eigenvalue weighted by molar-refractivity contribution is 7.89. The third-order valence-corrected chi connectivity index (χ3v) is 5.55. The zero-order chi connectivity index (χ0) is 19.2. The molecule has 2 amide bonds. The predicted molar refractivity (Wildman–Crippen MR) is 102 cm³/mol. The Balaban J connectivity index is 1.69. The maximum absolute atomic E-state index is 12.2. The van der Waals surface area contributed by atoms with Crippen molar-refractivity contribution in [3.63, 3.8) is 0 Å². The molecule has 1 heterocycles. The van der Waals surface area contributed by atoms with Gasteiger partial charge in [0, 0.05) is 32.7 Å². The largest absolute Gasteiger partial charge is 0.338 e. The topological polar surface area (TPSA) is 95.7 Å². The number of hydrogen-bond donors (Lipinski definition) is 2. The lowest BCUT2D eigenvalue weighted by Gasteiger charge is -2.35. The van der Waals surface area contributed by atoms with Crippen molar-refractivity contribution in [2.45, 2.75) is 31.6 Å². The van der Waals surface area contributed by atoms with E-state index in [2.05, 4.69) is 24.1 Å². The van der Waals surface area contributed by atoms with Crippen LogP contribution in [0.5, 0.6) is 0 Å². The van der Waals surface area contributed by atoms with Crippen LogP contribution in [-0.4, -0.2) is 63.5 Å². The van der Waals surface area contributed by atoms with E-state index >= 15 is 0 Å². The van der Waals surface area contributed by atoms with Gasteiger partial charge in [-0.05, 0) is 43.0 Å². The number of hydrogen-bond acceptors (Lipinski definition) is 4. The molecule has 2 rings (SSSR count). The van der Waals surface area contributed by atoms with Crippen LogP contribution in [-0.2, 0) is 16.4 Å². The fourth-order valence-corrected chi connectivity index (χ4v) is 3.40. The lowest BCUT2D eigenvalue weighted by atomic mass is 10.1. The summed E-state index contributed by atoms with van der Waals surface area (Å²) in [5, 5.41) is 8.02. The first-order valence-corrected chi connectivity index (χ1v) is 10.7. The van der Waals surface area contributed by atoms with Crippen LogP contribution in [0.25, 0.3) is 0 Å². The Labute approximate surface area is 156 Å². The Morgan fingerprint density at radius 3 is 2.31 bits per heavy atom. The number of amides is 2. The van der Waals surface area contributed by atoms with Crippen molar-refractivity contribution in [3.8, 4) is 0 Å². The molecular formula is C18H30N4O3S. The third kappa shape index (κ3) is 6.59. The van der Waals surface area contributed by atoms with Crippen molar-refractivity contribution in [3.05, 3.63) is 29.8 Å². The Kier molecular flexibility index (Phi) is 7.43. The van der Waals surface area contributed by atoms with Gasteiger partial charge in [-0.1, -0.05) is 26.0 Å². The molecule has 0 radical (unpaired) electrons. The van der Waals surface area contributed by atoms with Crippen LogP contribution in [0, 0.1) is 5.92 Å². The van der Waals surface area contributed by atoms with Crippen molar-refractivity contribution < 1.29 is 13.2 Å². The molecule has 1 saturated heterocycles. The van der Waals surface area contributed by atoms with E-state index in [0.29, 0.717) is 18.9 Å². The molecule has 3 N–H and O–H groups in total. The van der Waals surface area contributed by atoms with Gasteiger partial charge < -0.3 is 10.2 Å². The minimum absolute atomic E-state index is 0.0327. The molecule has 0 aromatic heterocycles. The highest BCUT2D eigenvalue weighted by Gasteiger charge is 2.20. The van der Waals surface area contributed by atoms with Crippen LogP contribution < -0.4 is 10.5 Å². The number of nitrogens with zero attached hydrogens (tertiary/aromatic N) is 2. The average Bonchev–Trinajstić information content (AvgIpc) is 2.60. The number of carbonyl (C=O) groups excluding carboxylic acids is 1. The summed E-state index contributed by atoms with van der Waals surface area (Å²) in [6.45, 7) is 9.44. The molecule has 1 fully saturated rings. The summed E-state index contributed by atoms with van der Waals surface area (Å²) in [4.78, 5) is 16.6. The Bertz CT molecular complexity index is 681. The molecular weight excluding hydrogens is 352 g/mol. The quantitative estimate of drug-likeness (QED) is 0.742. The Morgan fingerprint density at radius 1 is 1.15 bits per heavy atom. The summed E-state index contributed by atoms with van der Waals surface area (Å²) >= 11 is 0. The van der Waals surface area contributed by atoms with E-state index in [4.69, 9.17) is 5.14 Å². The monoisotopic (exact) mass is 382 g/mol. The SMILES string of the molecule is CC(C)CCN1CCN(C(=O)NCCc2ccc(S(N)(=O)=O)cc2)CC1. The molecule has 0 atom stereocenters. The number of piperazine rings is 1. The van der Waals surface area contributed by atoms with Gasteiger partial charge in [0.25, 0.3) is 0 Å². The molecule has 1 aromatic rings. The number of nitrogens with two attached hydrogens (primary N) is 1. The van der Waals surface area contributed by atoms with Gasteiger partial charge in [-0.15, -0.1) is 0 Å². The zero-order valence-electron chi connectivity index (χ0n) is 15.6. The lowest BCUT2D eigenvalue weighted by molar-refractivity contribution is 0.136. The van der Waals surface area contributed by atoms with Crippen LogP contribution >= 0.6 is 0 Å². The summed E-state index contributed by atoms with van der Waals surface area (Å²) in [6.07, 6.45) is 1.83. The molecule has 7 nitrogen and oxygen atoms in total. The molecule has 1 aliphatic heterocycles. The molecule has 8 heteroatoms. The molecule has 26 heavy (non-hydrogen) atoms. The van der Waals surface area contributed by atoms with Gasteiger partial charge in [0.05, 0.1) is 4.90 Å². The summed E-state index contributed by atoms with van der Waals surface area (Å²) in [6, 6.07) is 6.39. The van der Waals surface area contributed by atoms with Crippen LogP contribution in [0.1, 0.15) is 25.8 Å². The van der Waals surface area contributed by atoms with E-state index < -0.39 is 10.0 Å². The van der Waals surface area contributed by atoms with E-state index in [9.17, 15) is 13.2 Å². The van der Waals surface area contributed by atoms with E-state index in [1.165, 1.54) is 18.6 Å². The van der Waals surface area contributed by atoms with E-state index in [-0.39, 0.29) is 10.9 Å². The van der Waals surface area contributed by atoms with Gasteiger partial charge in [0.2, 0.25) is 10.0 Å². The number of primary sulfonamides is 1. The Hall–Kier alpha value is -1.64. The minimum Gasteiger partial charge on any atom is -0.338 e. The first-order chi connectivity index (χ1) is 12.3. The number of benzene rings is 1. The maximum atomic E-state index is 12.2. The zero-order valence-corrected chi connectivity index (χ0v) is 16.5. The van der Waals surface area contributed by atoms with Gasteiger partial charge in [-0.2, -0.15) is 0 Å². The fourth-order valence-electron chi connectivity index (χ4n) is 2.89. The second-order valence-corrected chi connectivity index (χ2v) is 8.74. The average molecular weight is 383 g/mol. The van der Waals surface area contributed by atoms with Crippen molar-refractivity contribution in [2.24, 2.45) is 11.1 Å². The van der Waals surface area contributed by atoms with Crippen LogP contribution in [0.2, 0.25) is 0 Å². The van der Waals surface area contributed by atoms with Crippen molar-refractivity contribution in [1.82, 2.24) is 15.1 Å². The van der Waals surface area contributed by atoms with Crippen molar-refractivity contribution in [1.29, 1.82) is 0 Å². The highest BCUT2D eigenvalue weighted by atomic mass is 32.2. The Morgan fingerprint density at radius 2 is 1.77 bits per heavy atom. The fraction of sp³-hybridized carbons (Fsp3) is 0.611. The van der Waals surface area contributed by atoms with Gasteiger partial charge in [0.15, 0.2) is 0 Å². The third-order valence-electron chi connectivity index (χ3n) is 4.62. The standard InChI is InChI=1S/C18H30N4O3S/c1-15(2)8-10-21-11-13-22(14-12-21)18(23)20-9-7-16-3-5-17(6-4-16)26(19,24)25/h3-6,15H,7-14H2,1-2H3,(H,20,23)(H2,19,24,25). The molecule has 0 saturated carbocycles. The first kappa shape index (κ1) is 20.7.